The molecule has 2 rings (SSSR count). The van der Waals surface area contributed by atoms with E-state index in [0.717, 1.165) is 11.8 Å². The highest BCUT2D eigenvalue weighted by Crippen LogP contribution is 2.43. The van der Waals surface area contributed by atoms with Gasteiger partial charge in [0.25, 0.3) is 0 Å². The third-order valence-electron chi connectivity index (χ3n) is 4.47. The fourth-order valence-corrected chi connectivity index (χ4v) is 2.53. The van der Waals surface area contributed by atoms with E-state index >= 15 is 4.39 Å². The van der Waals surface area contributed by atoms with Crippen LogP contribution in [0, 0.1) is 0 Å². The van der Waals surface area contributed by atoms with E-state index in [9.17, 15) is 18.3 Å². The average molecular weight is 355 g/mol. The van der Waals surface area contributed by atoms with Crippen molar-refractivity contribution in [1.29, 1.82) is 0 Å². The van der Waals surface area contributed by atoms with Crippen LogP contribution in [-0.2, 0) is 13.1 Å². The number of aliphatic hydroxyl groups is 1. The summed E-state index contributed by atoms with van der Waals surface area (Å²) >= 11 is 0. The van der Waals surface area contributed by atoms with E-state index in [1.54, 1.807) is 60.7 Å². The van der Waals surface area contributed by atoms with Crippen molar-refractivity contribution in [2.24, 2.45) is 0 Å². The van der Waals surface area contributed by atoms with Gasteiger partial charge in [0.05, 0.1) is 0 Å². The minimum absolute atomic E-state index is 0.0744. The summed E-state index contributed by atoms with van der Waals surface area (Å²) in [5.74, 6) is -3.03. The molecular weight excluding hydrogens is 334 g/mol. The Morgan fingerprint density at radius 2 is 1.12 bits per heavy atom. The first-order valence-electron chi connectivity index (χ1n) is 7.86. The van der Waals surface area contributed by atoms with Crippen molar-refractivity contribution < 1.29 is 22.7 Å². The Morgan fingerprint density at radius 3 is 1.44 bits per heavy atom. The van der Waals surface area contributed by atoms with Gasteiger partial charge >= 0.3 is 6.18 Å². The molecule has 0 aliphatic rings. The minimum Gasteiger partial charge on any atom is -0.377 e. The Balaban J connectivity index is 2.39. The van der Waals surface area contributed by atoms with Crippen LogP contribution in [0.3, 0.4) is 0 Å². The van der Waals surface area contributed by atoms with Crippen LogP contribution >= 0.6 is 0 Å². The Hall–Kier alpha value is -1.92. The van der Waals surface area contributed by atoms with Crippen LogP contribution in [0.1, 0.15) is 25.0 Å². The number of hydrogen-bond acceptors (Lipinski definition) is 2. The topological polar surface area (TPSA) is 23.5 Å². The normalized spacial score (nSPS) is 17.1. The zero-order valence-corrected chi connectivity index (χ0v) is 14.1. The van der Waals surface area contributed by atoms with E-state index in [4.69, 9.17) is 0 Å². The molecule has 25 heavy (non-hydrogen) atoms. The standard InChI is InChI=1S/C19H21F4NO/c1-17(25,19(21,22)23)18(2,20)24(13-15-9-5-3-6-10-15)14-16-11-7-4-8-12-16/h3-12,25H,13-14H2,1-2H3. The molecule has 0 amide bonds. The van der Waals surface area contributed by atoms with Gasteiger partial charge in [-0.1, -0.05) is 60.7 Å². The first-order chi connectivity index (χ1) is 11.6. The lowest BCUT2D eigenvalue weighted by Gasteiger charge is -2.44. The fraction of sp³-hybridized carbons (Fsp3) is 0.368. The van der Waals surface area contributed by atoms with Crippen molar-refractivity contribution in [3.8, 4) is 0 Å². The molecule has 0 heterocycles. The van der Waals surface area contributed by atoms with Gasteiger partial charge in [-0.05, 0) is 25.0 Å². The summed E-state index contributed by atoms with van der Waals surface area (Å²) in [6.07, 6.45) is -5.11. The molecule has 0 aliphatic heterocycles. The van der Waals surface area contributed by atoms with Crippen molar-refractivity contribution in [2.45, 2.75) is 44.5 Å². The maximum absolute atomic E-state index is 15.4. The number of benzene rings is 2. The molecule has 0 bridgehead atoms. The summed E-state index contributed by atoms with van der Waals surface area (Å²) in [4.78, 5) is 1.01. The predicted molar refractivity (Wildman–Crippen MR) is 88.3 cm³/mol. The highest BCUT2D eigenvalue weighted by Gasteiger charge is 2.64. The lowest BCUT2D eigenvalue weighted by molar-refractivity contribution is -0.322. The average Bonchev–Trinajstić information content (AvgIpc) is 2.55. The van der Waals surface area contributed by atoms with Gasteiger partial charge in [-0.25, -0.2) is 4.39 Å². The molecule has 0 radical (unpaired) electrons. The highest BCUT2D eigenvalue weighted by molar-refractivity contribution is 5.18. The van der Waals surface area contributed by atoms with Crippen LogP contribution in [0.25, 0.3) is 0 Å². The molecule has 1 N–H and O–H groups in total. The Kier molecular flexibility index (Phi) is 5.54. The van der Waals surface area contributed by atoms with E-state index in [-0.39, 0.29) is 13.1 Å². The molecule has 0 aromatic heterocycles. The van der Waals surface area contributed by atoms with Crippen LogP contribution in [0.4, 0.5) is 17.6 Å². The van der Waals surface area contributed by atoms with E-state index < -0.39 is 17.6 Å². The Bertz CT molecular complexity index is 627. The molecular formula is C19H21F4NO. The van der Waals surface area contributed by atoms with Crippen LogP contribution < -0.4 is 0 Å². The molecule has 0 spiro atoms. The minimum atomic E-state index is -5.11. The van der Waals surface area contributed by atoms with Crippen LogP contribution in [0.15, 0.2) is 60.7 Å². The number of halogens is 4. The molecule has 2 unspecified atom stereocenters. The van der Waals surface area contributed by atoms with E-state index in [1.807, 2.05) is 0 Å². The quantitative estimate of drug-likeness (QED) is 0.600. The molecule has 136 valence electrons. The van der Waals surface area contributed by atoms with Crippen molar-refractivity contribution in [1.82, 2.24) is 4.90 Å². The Morgan fingerprint density at radius 1 is 0.760 bits per heavy atom. The third kappa shape index (κ3) is 4.19. The first kappa shape index (κ1) is 19.4. The molecule has 0 saturated heterocycles. The molecule has 2 atom stereocenters. The molecule has 6 heteroatoms. The van der Waals surface area contributed by atoms with Gasteiger partial charge in [0, 0.05) is 13.1 Å². The van der Waals surface area contributed by atoms with Gasteiger partial charge in [0.1, 0.15) is 0 Å². The van der Waals surface area contributed by atoms with Crippen LogP contribution in [0.5, 0.6) is 0 Å². The van der Waals surface area contributed by atoms with Crippen molar-refractivity contribution >= 4 is 0 Å². The zero-order valence-electron chi connectivity index (χ0n) is 14.1. The lowest BCUT2D eigenvalue weighted by atomic mass is 9.91. The van der Waals surface area contributed by atoms with Gasteiger partial charge in [-0.15, -0.1) is 0 Å². The SMILES string of the molecule is CC(F)(N(Cc1ccccc1)Cc1ccccc1)C(C)(O)C(F)(F)F. The maximum atomic E-state index is 15.4. The number of hydrogen-bond donors (Lipinski definition) is 1. The van der Waals surface area contributed by atoms with Gasteiger partial charge < -0.3 is 5.11 Å². The summed E-state index contributed by atoms with van der Waals surface area (Å²) < 4.78 is 55.1. The summed E-state index contributed by atoms with van der Waals surface area (Å²) in [5.41, 5.74) is -2.22. The van der Waals surface area contributed by atoms with Gasteiger partial charge in [-0.3, -0.25) is 4.90 Å². The van der Waals surface area contributed by atoms with Gasteiger partial charge in [-0.2, -0.15) is 13.2 Å². The smallest absolute Gasteiger partial charge is 0.377 e. The predicted octanol–water partition coefficient (Wildman–Crippen LogP) is 4.69. The fourth-order valence-electron chi connectivity index (χ4n) is 2.53. The second-order valence-corrected chi connectivity index (χ2v) is 6.35. The van der Waals surface area contributed by atoms with Crippen LogP contribution in [0.2, 0.25) is 0 Å². The second-order valence-electron chi connectivity index (χ2n) is 6.35. The van der Waals surface area contributed by atoms with Crippen molar-refractivity contribution in [3.05, 3.63) is 71.8 Å². The lowest BCUT2D eigenvalue weighted by Crippen LogP contribution is -2.64. The van der Waals surface area contributed by atoms with Gasteiger partial charge in [0.2, 0.25) is 5.60 Å². The molecule has 2 aromatic rings. The van der Waals surface area contributed by atoms with E-state index in [2.05, 4.69) is 0 Å². The molecule has 0 aliphatic carbocycles. The first-order valence-corrected chi connectivity index (χ1v) is 7.86. The number of rotatable bonds is 6. The summed E-state index contributed by atoms with van der Waals surface area (Å²) in [7, 11) is 0. The largest absolute Gasteiger partial charge is 0.421 e. The molecule has 0 fully saturated rings. The summed E-state index contributed by atoms with van der Waals surface area (Å²) in [6.45, 7) is 1.09. The maximum Gasteiger partial charge on any atom is 0.421 e. The molecule has 0 saturated carbocycles. The van der Waals surface area contributed by atoms with E-state index in [0.29, 0.717) is 18.1 Å². The second kappa shape index (κ2) is 7.14. The Labute approximate surface area is 144 Å². The number of nitrogens with zero attached hydrogens (tertiary/aromatic N) is 1. The van der Waals surface area contributed by atoms with Gasteiger partial charge in [0.15, 0.2) is 5.79 Å². The van der Waals surface area contributed by atoms with Crippen molar-refractivity contribution in [3.63, 3.8) is 0 Å². The number of alkyl halides is 4. The van der Waals surface area contributed by atoms with Crippen LogP contribution in [-0.4, -0.2) is 27.6 Å². The molecule has 2 aromatic carbocycles. The molecule has 2 nitrogen and oxygen atoms in total. The zero-order chi connectivity index (χ0) is 18.7. The summed E-state index contributed by atoms with van der Waals surface area (Å²) in [6, 6.07) is 17.3. The monoisotopic (exact) mass is 355 g/mol. The van der Waals surface area contributed by atoms with E-state index in [1.165, 1.54) is 0 Å². The van der Waals surface area contributed by atoms with Crippen molar-refractivity contribution in [2.75, 3.05) is 0 Å². The third-order valence-corrected chi connectivity index (χ3v) is 4.47. The highest BCUT2D eigenvalue weighted by atomic mass is 19.4. The summed E-state index contributed by atoms with van der Waals surface area (Å²) in [5, 5.41) is 9.96.